The summed E-state index contributed by atoms with van der Waals surface area (Å²) >= 11 is 0. The smallest absolute Gasteiger partial charge is 0.303 e. The van der Waals surface area contributed by atoms with Gasteiger partial charge in [-0.25, -0.2) is 0 Å². The van der Waals surface area contributed by atoms with Gasteiger partial charge < -0.3 is 5.11 Å². The van der Waals surface area contributed by atoms with E-state index in [0.29, 0.717) is 0 Å². The number of aliphatic carboxylic acids is 1. The second-order valence-corrected chi connectivity index (χ2v) is 4.23. The van der Waals surface area contributed by atoms with Gasteiger partial charge in [0, 0.05) is 18.6 Å². The van der Waals surface area contributed by atoms with Crippen molar-refractivity contribution >= 4 is 11.7 Å². The number of nitrogens with zero attached hydrogens (tertiary/aromatic N) is 1. The Morgan fingerprint density at radius 2 is 1.72 bits per heavy atom. The van der Waals surface area contributed by atoms with E-state index in [-0.39, 0.29) is 12.1 Å². The summed E-state index contributed by atoms with van der Waals surface area (Å²) in [5.41, 5.74) is 1.19. The quantitative estimate of drug-likeness (QED) is 0.437. The number of unbranched alkanes of at least 4 members (excludes halogenated alkanes) is 3. The van der Waals surface area contributed by atoms with Crippen LogP contribution < -0.4 is 0 Å². The van der Waals surface area contributed by atoms with Gasteiger partial charge in [0.25, 0.3) is 5.69 Å². The standard InChI is InChI=1S/C13H17NO4/c15-13(16)6-4-2-1-3-5-11-7-9-12(10-8-11)14(17)18/h7-10H,1-6H2,(H,15,16). The minimum absolute atomic E-state index is 0.111. The molecule has 98 valence electrons. The number of carbonyl (C=O) groups is 1. The molecule has 0 aliphatic rings. The Balaban J connectivity index is 2.19. The fraction of sp³-hybridized carbons (Fsp3) is 0.462. The van der Waals surface area contributed by atoms with Crippen LogP contribution in [0.4, 0.5) is 5.69 Å². The Hall–Kier alpha value is -1.91. The molecular formula is C13H17NO4. The number of aryl methyl sites for hydroxylation is 1. The number of hydrogen-bond acceptors (Lipinski definition) is 3. The Labute approximate surface area is 106 Å². The zero-order valence-corrected chi connectivity index (χ0v) is 10.2. The van der Waals surface area contributed by atoms with E-state index in [0.717, 1.165) is 37.7 Å². The van der Waals surface area contributed by atoms with Crippen LogP contribution in [0.1, 0.15) is 37.7 Å². The van der Waals surface area contributed by atoms with Crippen LogP contribution in [0.3, 0.4) is 0 Å². The van der Waals surface area contributed by atoms with Crippen molar-refractivity contribution in [2.24, 2.45) is 0 Å². The highest BCUT2D eigenvalue weighted by molar-refractivity contribution is 5.66. The highest BCUT2D eigenvalue weighted by atomic mass is 16.6. The third-order valence-electron chi connectivity index (χ3n) is 2.75. The second-order valence-electron chi connectivity index (χ2n) is 4.23. The minimum atomic E-state index is -0.745. The summed E-state index contributed by atoms with van der Waals surface area (Å²) < 4.78 is 0. The second kappa shape index (κ2) is 7.42. The Kier molecular flexibility index (Phi) is 5.84. The predicted octanol–water partition coefficient (Wildman–Crippen LogP) is 3.17. The maximum atomic E-state index is 10.5. The van der Waals surface area contributed by atoms with E-state index in [9.17, 15) is 14.9 Å². The largest absolute Gasteiger partial charge is 0.481 e. The maximum Gasteiger partial charge on any atom is 0.303 e. The molecule has 0 unspecified atom stereocenters. The summed E-state index contributed by atoms with van der Waals surface area (Å²) in [6, 6.07) is 6.57. The van der Waals surface area contributed by atoms with Crippen molar-refractivity contribution in [3.8, 4) is 0 Å². The van der Waals surface area contributed by atoms with E-state index in [4.69, 9.17) is 5.11 Å². The SMILES string of the molecule is O=C(O)CCCCCCc1ccc([N+](=O)[O-])cc1. The molecule has 5 heteroatoms. The van der Waals surface area contributed by atoms with E-state index in [2.05, 4.69) is 0 Å². The first-order valence-corrected chi connectivity index (χ1v) is 6.04. The lowest BCUT2D eigenvalue weighted by molar-refractivity contribution is -0.384. The number of rotatable bonds is 8. The van der Waals surface area contributed by atoms with Crippen molar-refractivity contribution < 1.29 is 14.8 Å². The van der Waals surface area contributed by atoms with Gasteiger partial charge in [-0.05, 0) is 24.8 Å². The van der Waals surface area contributed by atoms with E-state index < -0.39 is 10.9 Å². The van der Waals surface area contributed by atoms with Crippen molar-refractivity contribution in [3.63, 3.8) is 0 Å². The molecule has 0 fully saturated rings. The molecule has 0 atom stereocenters. The summed E-state index contributed by atoms with van der Waals surface area (Å²) in [6.45, 7) is 0. The molecule has 0 saturated carbocycles. The molecule has 0 aliphatic heterocycles. The number of nitro benzene ring substituents is 1. The van der Waals surface area contributed by atoms with E-state index >= 15 is 0 Å². The molecule has 0 aliphatic carbocycles. The number of non-ortho nitro benzene ring substituents is 1. The lowest BCUT2D eigenvalue weighted by Gasteiger charge is -2.01. The molecule has 5 nitrogen and oxygen atoms in total. The molecule has 1 aromatic rings. The molecule has 1 aromatic carbocycles. The summed E-state index contributed by atoms with van der Waals surface area (Å²) in [4.78, 5) is 20.3. The average Bonchev–Trinajstić information content (AvgIpc) is 2.34. The average molecular weight is 251 g/mol. The topological polar surface area (TPSA) is 80.4 Å². The number of carboxylic acids is 1. The molecule has 0 radical (unpaired) electrons. The zero-order chi connectivity index (χ0) is 13.4. The van der Waals surface area contributed by atoms with E-state index in [1.807, 2.05) is 0 Å². The third kappa shape index (κ3) is 5.43. The van der Waals surface area contributed by atoms with Gasteiger partial charge in [-0.3, -0.25) is 14.9 Å². The van der Waals surface area contributed by atoms with Gasteiger partial charge >= 0.3 is 5.97 Å². The molecule has 18 heavy (non-hydrogen) atoms. The van der Waals surface area contributed by atoms with Crippen LogP contribution in [0.25, 0.3) is 0 Å². The van der Waals surface area contributed by atoms with Crippen LogP contribution in [0.2, 0.25) is 0 Å². The van der Waals surface area contributed by atoms with Crippen LogP contribution in [0.5, 0.6) is 0 Å². The first-order chi connectivity index (χ1) is 8.59. The summed E-state index contributed by atoms with van der Waals surface area (Å²) in [7, 11) is 0. The Bertz CT molecular complexity index is 400. The van der Waals surface area contributed by atoms with Gasteiger partial charge in [0.1, 0.15) is 0 Å². The molecule has 0 bridgehead atoms. The van der Waals surface area contributed by atoms with Crippen molar-refractivity contribution in [1.29, 1.82) is 0 Å². The zero-order valence-electron chi connectivity index (χ0n) is 10.2. The van der Waals surface area contributed by atoms with E-state index in [1.54, 1.807) is 12.1 Å². The number of nitro groups is 1. The predicted molar refractivity (Wildman–Crippen MR) is 67.5 cm³/mol. The maximum absolute atomic E-state index is 10.5. The number of carboxylic acid groups (broad SMARTS) is 1. The summed E-state index contributed by atoms with van der Waals surface area (Å²) in [5.74, 6) is -0.745. The van der Waals surface area contributed by atoms with Crippen LogP contribution >= 0.6 is 0 Å². The number of benzene rings is 1. The van der Waals surface area contributed by atoms with Crippen molar-refractivity contribution in [2.45, 2.75) is 38.5 Å². The lowest BCUT2D eigenvalue weighted by atomic mass is 10.1. The van der Waals surface area contributed by atoms with Gasteiger partial charge in [-0.15, -0.1) is 0 Å². The number of hydrogen-bond donors (Lipinski definition) is 1. The fourth-order valence-electron chi connectivity index (χ4n) is 1.74. The highest BCUT2D eigenvalue weighted by Gasteiger charge is 2.03. The highest BCUT2D eigenvalue weighted by Crippen LogP contribution is 2.14. The molecular weight excluding hydrogens is 234 g/mol. The normalized spacial score (nSPS) is 10.2. The molecule has 1 rings (SSSR count). The Morgan fingerprint density at radius 1 is 1.11 bits per heavy atom. The van der Waals surface area contributed by atoms with Crippen molar-refractivity contribution in [2.75, 3.05) is 0 Å². The van der Waals surface area contributed by atoms with Crippen LogP contribution in [-0.4, -0.2) is 16.0 Å². The van der Waals surface area contributed by atoms with Crippen molar-refractivity contribution in [1.82, 2.24) is 0 Å². The van der Waals surface area contributed by atoms with Crippen molar-refractivity contribution in [3.05, 3.63) is 39.9 Å². The molecule has 0 spiro atoms. The van der Waals surface area contributed by atoms with Crippen LogP contribution in [-0.2, 0) is 11.2 Å². The van der Waals surface area contributed by atoms with Crippen LogP contribution in [0, 0.1) is 10.1 Å². The van der Waals surface area contributed by atoms with Gasteiger partial charge in [0.2, 0.25) is 0 Å². The fourth-order valence-corrected chi connectivity index (χ4v) is 1.74. The lowest BCUT2D eigenvalue weighted by Crippen LogP contribution is -1.94. The van der Waals surface area contributed by atoms with Gasteiger partial charge in [-0.1, -0.05) is 25.0 Å². The minimum Gasteiger partial charge on any atom is -0.481 e. The summed E-state index contributed by atoms with van der Waals surface area (Å²) in [6.07, 6.45) is 4.72. The molecule has 0 aromatic heterocycles. The third-order valence-corrected chi connectivity index (χ3v) is 2.75. The first kappa shape index (κ1) is 14.2. The van der Waals surface area contributed by atoms with Crippen LogP contribution in [0.15, 0.2) is 24.3 Å². The molecule has 0 saturated heterocycles. The van der Waals surface area contributed by atoms with Gasteiger partial charge in [-0.2, -0.15) is 0 Å². The summed E-state index contributed by atoms with van der Waals surface area (Å²) in [5, 5.41) is 18.9. The molecule has 1 N–H and O–H groups in total. The first-order valence-electron chi connectivity index (χ1n) is 6.04. The van der Waals surface area contributed by atoms with E-state index in [1.165, 1.54) is 12.1 Å². The van der Waals surface area contributed by atoms with Gasteiger partial charge in [0.05, 0.1) is 4.92 Å². The molecule has 0 amide bonds. The van der Waals surface area contributed by atoms with Gasteiger partial charge in [0.15, 0.2) is 0 Å². The molecule has 0 heterocycles. The Morgan fingerprint density at radius 3 is 2.28 bits per heavy atom. The monoisotopic (exact) mass is 251 g/mol.